The lowest BCUT2D eigenvalue weighted by Crippen LogP contribution is -2.33. The van der Waals surface area contributed by atoms with Crippen LogP contribution in [0.1, 0.15) is 18.1 Å². The number of anilines is 3. The van der Waals surface area contributed by atoms with Crippen LogP contribution in [0.25, 0.3) is 28.8 Å². The predicted molar refractivity (Wildman–Crippen MR) is 214 cm³/mol. The molecule has 0 amide bonds. The van der Waals surface area contributed by atoms with Gasteiger partial charge in [0, 0.05) is 50.1 Å². The lowest BCUT2D eigenvalue weighted by Gasteiger charge is -2.27. The smallest absolute Gasteiger partial charge is 0.0617 e. The highest BCUT2D eigenvalue weighted by Gasteiger charge is 2.19. The Morgan fingerprint density at radius 2 is 1.27 bits per heavy atom. The Hall–Kier alpha value is -6.78. The predicted octanol–water partition coefficient (Wildman–Crippen LogP) is 8.65. The molecule has 0 heterocycles. The normalized spacial score (nSPS) is 14.1. The molecule has 0 unspecified atom stereocenters. The van der Waals surface area contributed by atoms with Crippen molar-refractivity contribution < 1.29 is 0 Å². The lowest BCUT2D eigenvalue weighted by molar-refractivity contribution is 1.21. The Balaban J connectivity index is 1.22. The van der Waals surface area contributed by atoms with E-state index < -0.39 is 0 Å². The fraction of sp³-hybridized carbons (Fsp3) is 0.0408. The second-order valence-electron chi connectivity index (χ2n) is 12.7. The van der Waals surface area contributed by atoms with Crippen molar-refractivity contribution in [3.8, 4) is 0 Å². The van der Waals surface area contributed by atoms with Gasteiger partial charge in [-0.25, -0.2) is 0 Å². The third-order valence-corrected chi connectivity index (χ3v) is 9.25. The van der Waals surface area contributed by atoms with Crippen LogP contribution < -0.4 is 30.7 Å². The van der Waals surface area contributed by atoms with E-state index in [1.807, 2.05) is 12.2 Å². The van der Waals surface area contributed by atoms with Gasteiger partial charge in [-0.3, -0.25) is 0 Å². The molecule has 0 aliphatic heterocycles. The minimum absolute atomic E-state index is 1.04. The number of hydrogen-bond acceptors (Lipinski definition) is 2. The van der Waals surface area contributed by atoms with Crippen molar-refractivity contribution in [2.45, 2.75) is 13.8 Å². The summed E-state index contributed by atoms with van der Waals surface area (Å²) in [6, 6.07) is 44.8. The van der Waals surface area contributed by atoms with Gasteiger partial charge in [0.25, 0.3) is 0 Å². The van der Waals surface area contributed by atoms with Crippen LogP contribution in [0.4, 0.5) is 17.1 Å². The summed E-state index contributed by atoms with van der Waals surface area (Å²) in [6.45, 7) is 4.32. The number of rotatable bonds is 7. The molecule has 0 bridgehead atoms. The van der Waals surface area contributed by atoms with E-state index in [1.165, 1.54) is 5.56 Å². The number of nitrogens with zero attached hydrogens (tertiary/aromatic N) is 2. The van der Waals surface area contributed by atoms with Crippen LogP contribution in [-0.4, -0.2) is 0 Å². The molecule has 0 fully saturated rings. The largest absolute Gasteiger partial charge is 0.310 e. The molecule has 0 saturated heterocycles. The van der Waals surface area contributed by atoms with E-state index in [2.05, 4.69) is 211 Å². The van der Waals surface area contributed by atoms with Crippen molar-refractivity contribution in [3.05, 3.63) is 231 Å². The van der Waals surface area contributed by atoms with Crippen LogP contribution in [0.3, 0.4) is 0 Å². The van der Waals surface area contributed by atoms with E-state index in [4.69, 9.17) is 0 Å². The van der Waals surface area contributed by atoms with Gasteiger partial charge in [0.05, 0.1) is 11.4 Å². The van der Waals surface area contributed by atoms with Crippen LogP contribution in [0, 0.1) is 6.92 Å². The van der Waals surface area contributed by atoms with Crippen molar-refractivity contribution in [2.24, 2.45) is 0 Å². The number of fused-ring (bicyclic) bond motifs is 2. The average molecular weight is 653 g/mol. The highest BCUT2D eigenvalue weighted by Crippen LogP contribution is 2.35. The van der Waals surface area contributed by atoms with E-state index >= 15 is 0 Å². The van der Waals surface area contributed by atoms with Crippen molar-refractivity contribution in [1.29, 1.82) is 0 Å². The van der Waals surface area contributed by atoms with E-state index in [0.717, 1.165) is 71.7 Å². The molecular weight excluding hydrogens is 617 g/mol. The molecule has 8 rings (SSSR count). The maximum absolute atomic E-state index is 3.73. The summed E-state index contributed by atoms with van der Waals surface area (Å²) in [5, 5.41) is 4.53. The van der Waals surface area contributed by atoms with E-state index in [1.54, 1.807) is 0 Å². The topological polar surface area (TPSA) is 6.48 Å². The van der Waals surface area contributed by atoms with Gasteiger partial charge in [-0.15, -0.1) is 17.2 Å². The Bertz CT molecular complexity index is 2700. The summed E-state index contributed by atoms with van der Waals surface area (Å²) in [7, 11) is 0. The monoisotopic (exact) mass is 652 g/mol. The molecule has 0 spiro atoms. The van der Waals surface area contributed by atoms with E-state index in [-0.39, 0.29) is 0 Å². The standard InChI is InChI=1S/C49H36N2/c1-36-33-40(29-30-43(34-36)50(41-21-5-3-6-22-41)48-27-15-11-19-38-17-9-13-25-46(38)48)45-32-31-44(35-37(45)2)51(42-23-7-4-8-24-42)49-28-16-12-20-39-18-10-14-26-47(39)49/h3-14,16-19,21-32,34-35H,1-2H3. The summed E-state index contributed by atoms with van der Waals surface area (Å²) in [5.41, 5.74) is 21.4. The molecular formula is C49H36N2. The molecule has 3 aliphatic carbocycles. The zero-order valence-electron chi connectivity index (χ0n) is 28.7. The first-order valence-corrected chi connectivity index (χ1v) is 17.3. The number of allylic oxidation sites excluding steroid dienone is 6. The summed E-state index contributed by atoms with van der Waals surface area (Å²) in [6.07, 6.45) is 19.1. The summed E-state index contributed by atoms with van der Waals surface area (Å²) >= 11 is 0. The quantitative estimate of drug-likeness (QED) is 0.163. The van der Waals surface area contributed by atoms with Crippen molar-refractivity contribution in [3.63, 3.8) is 0 Å². The third-order valence-electron chi connectivity index (χ3n) is 9.25. The van der Waals surface area contributed by atoms with Gasteiger partial charge in [-0.1, -0.05) is 91.0 Å². The Labute approximate surface area is 299 Å². The molecule has 5 aromatic carbocycles. The number of hydrogen-bond donors (Lipinski definition) is 0. The zero-order chi connectivity index (χ0) is 34.6. The fourth-order valence-corrected chi connectivity index (χ4v) is 6.92. The molecule has 0 atom stereocenters. The number of benzene rings is 5. The van der Waals surface area contributed by atoms with Crippen molar-refractivity contribution >= 4 is 45.8 Å². The molecule has 0 aromatic heterocycles. The van der Waals surface area contributed by atoms with Gasteiger partial charge < -0.3 is 9.80 Å². The molecule has 2 heteroatoms. The molecule has 0 radical (unpaired) electrons. The average Bonchev–Trinajstić information content (AvgIpc) is 3.60. The molecule has 242 valence electrons. The van der Waals surface area contributed by atoms with Gasteiger partial charge in [0.15, 0.2) is 0 Å². The molecule has 0 saturated carbocycles. The van der Waals surface area contributed by atoms with Gasteiger partial charge in [0.1, 0.15) is 0 Å². The maximum atomic E-state index is 3.73. The first-order valence-electron chi connectivity index (χ1n) is 17.3. The molecule has 2 nitrogen and oxygen atoms in total. The maximum Gasteiger partial charge on any atom is 0.0617 e. The molecule has 5 aromatic rings. The van der Waals surface area contributed by atoms with Crippen molar-refractivity contribution in [2.75, 3.05) is 9.80 Å². The summed E-state index contributed by atoms with van der Waals surface area (Å²) in [4.78, 5) is 4.66. The second-order valence-corrected chi connectivity index (χ2v) is 12.7. The second kappa shape index (κ2) is 14.0. The minimum Gasteiger partial charge on any atom is -0.310 e. The zero-order valence-corrected chi connectivity index (χ0v) is 28.7. The molecule has 3 aliphatic rings. The highest BCUT2D eigenvalue weighted by molar-refractivity contribution is 5.88. The Morgan fingerprint density at radius 3 is 2.06 bits per heavy atom. The van der Waals surface area contributed by atoms with Gasteiger partial charge in [0.2, 0.25) is 0 Å². The summed E-state index contributed by atoms with van der Waals surface area (Å²) < 4.78 is 0. The van der Waals surface area contributed by atoms with E-state index in [9.17, 15) is 0 Å². The van der Waals surface area contributed by atoms with Crippen LogP contribution in [0.5, 0.6) is 0 Å². The van der Waals surface area contributed by atoms with Gasteiger partial charge >= 0.3 is 0 Å². The molecule has 51 heavy (non-hydrogen) atoms. The molecule has 0 N–H and O–H groups in total. The number of para-hydroxylation sites is 2. The lowest BCUT2D eigenvalue weighted by atomic mass is 9.99. The number of aryl methyl sites for hydroxylation is 1. The SMILES string of the molecule is CC1=C=C(c2ccc(N(C3=c4ccccc4=C=CC=C3)c3ccccc3)cc2C)C=CC(N(C2=c3ccccc3=CC=C=C2)c2ccccc2)=C1. The first-order chi connectivity index (χ1) is 25.1. The Morgan fingerprint density at radius 1 is 0.569 bits per heavy atom. The van der Waals surface area contributed by atoms with Gasteiger partial charge in [-0.05, 0) is 121 Å². The third kappa shape index (κ3) is 6.39. The van der Waals surface area contributed by atoms with Crippen molar-refractivity contribution in [1.82, 2.24) is 0 Å². The first kappa shape index (κ1) is 31.5. The van der Waals surface area contributed by atoms with Crippen LogP contribution >= 0.6 is 0 Å². The van der Waals surface area contributed by atoms with Crippen LogP contribution in [0.15, 0.2) is 199 Å². The van der Waals surface area contributed by atoms with Gasteiger partial charge in [-0.2, -0.15) is 0 Å². The minimum atomic E-state index is 1.04. The van der Waals surface area contributed by atoms with E-state index in [0.29, 0.717) is 0 Å². The highest BCUT2D eigenvalue weighted by atomic mass is 15.2. The van der Waals surface area contributed by atoms with Crippen LogP contribution in [-0.2, 0) is 0 Å². The fourth-order valence-electron chi connectivity index (χ4n) is 6.92. The Kier molecular flexibility index (Phi) is 8.63. The van der Waals surface area contributed by atoms with Crippen LogP contribution in [0.2, 0.25) is 0 Å². The summed E-state index contributed by atoms with van der Waals surface area (Å²) in [5.74, 6) is 0.